The van der Waals surface area contributed by atoms with Gasteiger partial charge in [-0.15, -0.1) is 0 Å². The van der Waals surface area contributed by atoms with Crippen molar-refractivity contribution in [2.45, 2.75) is 45.6 Å². The molecule has 1 saturated carbocycles. The van der Waals surface area contributed by atoms with Crippen molar-refractivity contribution in [3.63, 3.8) is 0 Å². The van der Waals surface area contributed by atoms with E-state index in [1.54, 1.807) is 6.07 Å². The molecule has 2 heteroatoms. The molecule has 1 fully saturated rings. The fourth-order valence-electron chi connectivity index (χ4n) is 1.79. The smallest absolute Gasteiger partial charge is 0.164 e. The van der Waals surface area contributed by atoms with Crippen molar-refractivity contribution < 1.29 is 9.84 Å². The van der Waals surface area contributed by atoms with Gasteiger partial charge in [0.05, 0.1) is 0 Å². The first-order chi connectivity index (χ1) is 7.46. The average molecular weight is 220 g/mol. The third-order valence-electron chi connectivity index (χ3n) is 2.69. The molecule has 0 atom stereocenters. The first kappa shape index (κ1) is 11.3. The van der Waals surface area contributed by atoms with E-state index in [0.717, 1.165) is 17.9 Å². The summed E-state index contributed by atoms with van der Waals surface area (Å²) in [7, 11) is 0. The molecular weight excluding hydrogens is 200 g/mol. The lowest BCUT2D eigenvalue weighted by Gasteiger charge is -2.24. The summed E-state index contributed by atoms with van der Waals surface area (Å²) in [6.07, 6.45) is 3.65. The molecule has 0 aliphatic heterocycles. The molecule has 2 nitrogen and oxygen atoms in total. The number of aromatic hydroxyl groups is 1. The van der Waals surface area contributed by atoms with Crippen molar-refractivity contribution in [3.05, 3.63) is 23.8 Å². The van der Waals surface area contributed by atoms with Gasteiger partial charge < -0.3 is 9.84 Å². The fourth-order valence-corrected chi connectivity index (χ4v) is 1.79. The van der Waals surface area contributed by atoms with Gasteiger partial charge in [-0.25, -0.2) is 0 Å². The van der Waals surface area contributed by atoms with Gasteiger partial charge in [-0.05, 0) is 57.6 Å². The molecule has 88 valence electrons. The highest BCUT2D eigenvalue weighted by Crippen LogP contribution is 2.39. The Balaban J connectivity index is 2.24. The average Bonchev–Trinajstić information content (AvgIpc) is 2.93. The maximum atomic E-state index is 9.86. The summed E-state index contributed by atoms with van der Waals surface area (Å²) in [5.41, 5.74) is 0.870. The van der Waals surface area contributed by atoms with Crippen LogP contribution in [0.4, 0.5) is 0 Å². The highest BCUT2D eigenvalue weighted by Gasteiger charge is 2.25. The van der Waals surface area contributed by atoms with Gasteiger partial charge in [0, 0.05) is 0 Å². The van der Waals surface area contributed by atoms with Crippen molar-refractivity contribution in [1.29, 1.82) is 0 Å². The number of hydrogen-bond donors (Lipinski definition) is 1. The summed E-state index contributed by atoms with van der Waals surface area (Å²) in [4.78, 5) is 0. The Hall–Kier alpha value is -1.18. The Labute approximate surface area is 97.3 Å². The van der Waals surface area contributed by atoms with Crippen molar-refractivity contribution in [2.75, 3.05) is 0 Å². The van der Waals surface area contributed by atoms with Crippen LogP contribution in [0.25, 0.3) is 0 Å². The number of benzene rings is 1. The normalized spacial score (nSPS) is 16.2. The second-order valence-corrected chi connectivity index (χ2v) is 5.63. The molecule has 0 spiro atoms. The molecule has 0 amide bonds. The number of rotatable bonds is 3. The minimum atomic E-state index is -0.267. The zero-order valence-electron chi connectivity index (χ0n) is 10.3. The number of phenols is 1. The lowest BCUT2D eigenvalue weighted by molar-refractivity contribution is 0.124. The van der Waals surface area contributed by atoms with E-state index < -0.39 is 0 Å². The molecule has 1 N–H and O–H groups in total. The predicted octanol–water partition coefficient (Wildman–Crippen LogP) is 3.52. The van der Waals surface area contributed by atoms with Gasteiger partial charge in [0.15, 0.2) is 11.5 Å². The third kappa shape index (κ3) is 2.91. The number of hydrogen-bond acceptors (Lipinski definition) is 2. The maximum absolute atomic E-state index is 9.86. The lowest BCUT2D eigenvalue weighted by atomic mass is 10.1. The third-order valence-corrected chi connectivity index (χ3v) is 2.69. The quantitative estimate of drug-likeness (QED) is 0.844. The number of ether oxygens (including phenoxy) is 1. The molecule has 0 heterocycles. The number of para-hydroxylation sites is 1. The van der Waals surface area contributed by atoms with E-state index in [2.05, 4.69) is 6.07 Å². The van der Waals surface area contributed by atoms with Crippen LogP contribution in [0.3, 0.4) is 0 Å². The van der Waals surface area contributed by atoms with Gasteiger partial charge in [0.1, 0.15) is 5.60 Å². The molecule has 0 bridgehead atoms. The van der Waals surface area contributed by atoms with Crippen LogP contribution in [0.1, 0.15) is 39.2 Å². The van der Waals surface area contributed by atoms with E-state index >= 15 is 0 Å². The van der Waals surface area contributed by atoms with E-state index in [1.807, 2.05) is 26.8 Å². The van der Waals surface area contributed by atoms with E-state index in [4.69, 9.17) is 4.74 Å². The van der Waals surface area contributed by atoms with Crippen LogP contribution in [0.15, 0.2) is 18.2 Å². The second-order valence-electron chi connectivity index (χ2n) is 5.63. The molecule has 0 saturated heterocycles. The summed E-state index contributed by atoms with van der Waals surface area (Å²) in [6.45, 7) is 6.00. The molecule has 1 aromatic rings. The second kappa shape index (κ2) is 4.00. The molecule has 2 rings (SSSR count). The standard InChI is InChI=1S/C14H20O2/c1-14(2,3)16-13-11(9-10-7-8-10)5-4-6-12(13)15/h4-6,10,15H,7-9H2,1-3H3. The van der Waals surface area contributed by atoms with Crippen molar-refractivity contribution >= 4 is 0 Å². The SMILES string of the molecule is CC(C)(C)Oc1c(O)cccc1CC1CC1. The van der Waals surface area contributed by atoms with Crippen molar-refractivity contribution in [3.8, 4) is 11.5 Å². The first-order valence-corrected chi connectivity index (χ1v) is 5.95. The van der Waals surface area contributed by atoms with Gasteiger partial charge in [-0.2, -0.15) is 0 Å². The Morgan fingerprint density at radius 1 is 1.31 bits per heavy atom. The van der Waals surface area contributed by atoms with E-state index in [9.17, 15) is 5.11 Å². The number of phenolic OH excluding ortho intramolecular Hbond substituents is 1. The molecule has 0 aromatic heterocycles. The molecule has 1 aliphatic rings. The molecular formula is C14H20O2. The van der Waals surface area contributed by atoms with Gasteiger partial charge in [0.2, 0.25) is 0 Å². The van der Waals surface area contributed by atoms with E-state index in [0.29, 0.717) is 5.75 Å². The lowest BCUT2D eigenvalue weighted by Crippen LogP contribution is -2.23. The summed E-state index contributed by atoms with van der Waals surface area (Å²) in [6, 6.07) is 5.64. The molecule has 1 aliphatic carbocycles. The van der Waals surface area contributed by atoms with Crippen LogP contribution < -0.4 is 4.74 Å². The monoisotopic (exact) mass is 220 g/mol. The zero-order chi connectivity index (χ0) is 11.8. The predicted molar refractivity (Wildman–Crippen MR) is 64.9 cm³/mol. The van der Waals surface area contributed by atoms with Crippen LogP contribution >= 0.6 is 0 Å². The van der Waals surface area contributed by atoms with E-state index in [1.165, 1.54) is 12.8 Å². The van der Waals surface area contributed by atoms with Crippen LogP contribution in [-0.4, -0.2) is 10.7 Å². The fraction of sp³-hybridized carbons (Fsp3) is 0.571. The Bertz CT molecular complexity index is 373. The van der Waals surface area contributed by atoms with Crippen LogP contribution in [0, 0.1) is 5.92 Å². The van der Waals surface area contributed by atoms with Crippen molar-refractivity contribution in [1.82, 2.24) is 0 Å². The highest BCUT2D eigenvalue weighted by atomic mass is 16.5. The summed E-state index contributed by atoms with van der Waals surface area (Å²) in [5.74, 6) is 1.72. The minimum absolute atomic E-state index is 0.257. The Morgan fingerprint density at radius 3 is 2.56 bits per heavy atom. The molecule has 1 aromatic carbocycles. The molecule has 16 heavy (non-hydrogen) atoms. The Morgan fingerprint density at radius 2 is 2.00 bits per heavy atom. The van der Waals surface area contributed by atoms with Crippen molar-refractivity contribution in [2.24, 2.45) is 5.92 Å². The summed E-state index contributed by atoms with van der Waals surface area (Å²) < 4.78 is 5.84. The first-order valence-electron chi connectivity index (χ1n) is 5.95. The van der Waals surface area contributed by atoms with Crippen LogP contribution in [0.5, 0.6) is 11.5 Å². The maximum Gasteiger partial charge on any atom is 0.164 e. The molecule has 0 radical (unpaired) electrons. The van der Waals surface area contributed by atoms with Gasteiger partial charge in [-0.3, -0.25) is 0 Å². The van der Waals surface area contributed by atoms with Gasteiger partial charge in [-0.1, -0.05) is 12.1 Å². The largest absolute Gasteiger partial charge is 0.504 e. The highest BCUT2D eigenvalue weighted by molar-refractivity contribution is 5.46. The van der Waals surface area contributed by atoms with Crippen LogP contribution in [-0.2, 0) is 6.42 Å². The molecule has 0 unspecified atom stereocenters. The summed E-state index contributed by atoms with van der Waals surface area (Å²) in [5, 5.41) is 9.86. The van der Waals surface area contributed by atoms with Gasteiger partial charge >= 0.3 is 0 Å². The Kier molecular flexibility index (Phi) is 2.83. The van der Waals surface area contributed by atoms with Gasteiger partial charge in [0.25, 0.3) is 0 Å². The zero-order valence-corrected chi connectivity index (χ0v) is 10.3. The van der Waals surface area contributed by atoms with Crippen LogP contribution in [0.2, 0.25) is 0 Å². The minimum Gasteiger partial charge on any atom is -0.504 e. The topological polar surface area (TPSA) is 29.5 Å². The summed E-state index contributed by atoms with van der Waals surface area (Å²) >= 11 is 0. The van der Waals surface area contributed by atoms with E-state index in [-0.39, 0.29) is 11.4 Å².